The van der Waals surface area contributed by atoms with Gasteiger partial charge in [0.2, 0.25) is 5.91 Å². The van der Waals surface area contributed by atoms with Crippen molar-refractivity contribution < 1.29 is 9.53 Å². The third-order valence-electron chi connectivity index (χ3n) is 3.24. The van der Waals surface area contributed by atoms with Crippen LogP contribution in [0, 0.1) is 6.92 Å². The predicted molar refractivity (Wildman–Crippen MR) is 89.8 cm³/mol. The number of aromatic nitrogens is 2. The lowest BCUT2D eigenvalue weighted by Gasteiger charge is -2.13. The number of carbonyl (C=O) groups is 1. The van der Waals surface area contributed by atoms with Gasteiger partial charge >= 0.3 is 5.69 Å². The Kier molecular flexibility index (Phi) is 5.81. The van der Waals surface area contributed by atoms with Gasteiger partial charge in [-0.15, -0.1) is 0 Å². The molecule has 0 fully saturated rings. The number of methoxy groups -OCH3 is 1. The molecule has 0 radical (unpaired) electrons. The van der Waals surface area contributed by atoms with E-state index in [1.807, 2.05) is 31.2 Å². The first-order chi connectivity index (χ1) is 11.0. The summed E-state index contributed by atoms with van der Waals surface area (Å²) in [5.41, 5.74) is 1.41. The quantitative estimate of drug-likeness (QED) is 0.623. The van der Waals surface area contributed by atoms with Gasteiger partial charge in [0.1, 0.15) is 5.75 Å². The van der Waals surface area contributed by atoms with Crippen LogP contribution in [0.15, 0.2) is 40.3 Å². The van der Waals surface area contributed by atoms with Crippen LogP contribution in [-0.4, -0.2) is 28.2 Å². The van der Waals surface area contributed by atoms with Crippen LogP contribution < -0.4 is 15.7 Å². The fourth-order valence-electron chi connectivity index (χ4n) is 1.87. The molecule has 0 saturated carbocycles. The Hall–Kier alpha value is -2.28. The summed E-state index contributed by atoms with van der Waals surface area (Å²) in [5.74, 6) is 0.684. The van der Waals surface area contributed by atoms with Crippen molar-refractivity contribution in [2.24, 2.45) is 0 Å². The number of hydrogen-bond acceptors (Lipinski definition) is 5. The highest BCUT2D eigenvalue weighted by Gasteiger charge is 2.16. The van der Waals surface area contributed by atoms with Crippen LogP contribution in [0.3, 0.4) is 0 Å². The maximum atomic E-state index is 12.2. The van der Waals surface area contributed by atoms with Crippen LogP contribution >= 0.6 is 11.8 Å². The van der Waals surface area contributed by atoms with Gasteiger partial charge in [-0.1, -0.05) is 23.9 Å². The van der Waals surface area contributed by atoms with Gasteiger partial charge in [-0.3, -0.25) is 4.79 Å². The zero-order valence-electron chi connectivity index (χ0n) is 13.3. The molecule has 6 nitrogen and oxygen atoms in total. The number of amides is 1. The van der Waals surface area contributed by atoms with E-state index in [1.54, 1.807) is 14.0 Å². The fourth-order valence-corrected chi connectivity index (χ4v) is 2.80. The molecule has 2 N–H and O–H groups in total. The van der Waals surface area contributed by atoms with Crippen molar-refractivity contribution in [1.29, 1.82) is 0 Å². The Morgan fingerprint density at radius 1 is 1.39 bits per heavy atom. The molecule has 2 aromatic rings. The molecule has 2 rings (SSSR count). The molecule has 1 aromatic carbocycles. The summed E-state index contributed by atoms with van der Waals surface area (Å²) in [5, 5.41) is 3.22. The Bertz CT molecular complexity index is 728. The van der Waals surface area contributed by atoms with Crippen molar-refractivity contribution in [3.05, 3.63) is 52.1 Å². The SMILES string of the molecule is COc1ccc(CNC(=O)C(C)Sc2[nH]c(=O)ncc2C)cc1. The van der Waals surface area contributed by atoms with E-state index in [0.717, 1.165) is 16.9 Å². The summed E-state index contributed by atoms with van der Waals surface area (Å²) in [6.07, 6.45) is 1.50. The topological polar surface area (TPSA) is 84.1 Å². The number of ether oxygens (including phenoxy) is 1. The summed E-state index contributed by atoms with van der Waals surface area (Å²) >= 11 is 1.31. The molecule has 1 atom stereocenters. The Morgan fingerprint density at radius 3 is 2.74 bits per heavy atom. The second-order valence-corrected chi connectivity index (χ2v) is 6.38. The zero-order chi connectivity index (χ0) is 16.8. The van der Waals surface area contributed by atoms with Gasteiger partial charge in [0.05, 0.1) is 17.4 Å². The summed E-state index contributed by atoms with van der Waals surface area (Å²) < 4.78 is 5.10. The van der Waals surface area contributed by atoms with Gasteiger partial charge in [0.15, 0.2) is 0 Å². The number of nitrogens with zero attached hydrogens (tertiary/aromatic N) is 1. The number of rotatable bonds is 6. The molecule has 1 unspecified atom stereocenters. The van der Waals surface area contributed by atoms with Gasteiger partial charge in [-0.05, 0) is 37.1 Å². The van der Waals surface area contributed by atoms with E-state index >= 15 is 0 Å². The standard InChI is InChI=1S/C16H19N3O3S/c1-10-8-18-16(21)19-15(10)23-11(2)14(20)17-9-12-4-6-13(22-3)7-5-12/h4-8,11H,9H2,1-3H3,(H,17,20)(H,18,19,21). The van der Waals surface area contributed by atoms with Gasteiger partial charge in [-0.2, -0.15) is 0 Å². The molecule has 7 heteroatoms. The minimum Gasteiger partial charge on any atom is -0.497 e. The largest absolute Gasteiger partial charge is 0.497 e. The van der Waals surface area contributed by atoms with E-state index in [4.69, 9.17) is 4.74 Å². The molecule has 0 bridgehead atoms. The number of aryl methyl sites for hydroxylation is 1. The van der Waals surface area contributed by atoms with E-state index in [0.29, 0.717) is 11.6 Å². The molecule has 0 aliphatic carbocycles. The van der Waals surface area contributed by atoms with Gasteiger partial charge in [0.25, 0.3) is 0 Å². The lowest BCUT2D eigenvalue weighted by atomic mass is 10.2. The zero-order valence-corrected chi connectivity index (χ0v) is 14.1. The van der Waals surface area contributed by atoms with Gasteiger partial charge in [0, 0.05) is 12.7 Å². The maximum absolute atomic E-state index is 12.2. The molecule has 1 heterocycles. The average Bonchev–Trinajstić information content (AvgIpc) is 2.56. The lowest BCUT2D eigenvalue weighted by Crippen LogP contribution is -2.30. The minimum absolute atomic E-state index is 0.0946. The third-order valence-corrected chi connectivity index (χ3v) is 4.47. The summed E-state index contributed by atoms with van der Waals surface area (Å²) in [7, 11) is 1.61. The molecule has 23 heavy (non-hydrogen) atoms. The van der Waals surface area contributed by atoms with Crippen LogP contribution in [0.25, 0.3) is 0 Å². The summed E-state index contributed by atoms with van der Waals surface area (Å²) in [4.78, 5) is 29.7. The predicted octanol–water partition coefficient (Wildman–Crippen LogP) is 1.88. The van der Waals surface area contributed by atoms with Crippen molar-refractivity contribution in [1.82, 2.24) is 15.3 Å². The first kappa shape index (κ1) is 17.1. The van der Waals surface area contributed by atoms with Crippen molar-refractivity contribution in [3.63, 3.8) is 0 Å². The third kappa shape index (κ3) is 4.85. The van der Waals surface area contributed by atoms with Crippen molar-refractivity contribution in [2.45, 2.75) is 30.7 Å². The van der Waals surface area contributed by atoms with E-state index in [2.05, 4.69) is 15.3 Å². The Morgan fingerprint density at radius 2 is 2.09 bits per heavy atom. The maximum Gasteiger partial charge on any atom is 0.345 e. The Balaban J connectivity index is 1.91. The van der Waals surface area contributed by atoms with Crippen LogP contribution in [0.2, 0.25) is 0 Å². The highest BCUT2D eigenvalue weighted by atomic mass is 32.2. The average molecular weight is 333 g/mol. The first-order valence-electron chi connectivity index (χ1n) is 7.13. The number of nitrogens with one attached hydrogen (secondary N) is 2. The first-order valence-corrected chi connectivity index (χ1v) is 8.01. The molecule has 0 aliphatic heterocycles. The van der Waals surface area contributed by atoms with Gasteiger partial charge < -0.3 is 15.0 Å². The van der Waals surface area contributed by atoms with Crippen LogP contribution in [0.5, 0.6) is 5.75 Å². The highest BCUT2D eigenvalue weighted by Crippen LogP contribution is 2.23. The van der Waals surface area contributed by atoms with Crippen molar-refractivity contribution >= 4 is 17.7 Å². The number of aromatic amines is 1. The second-order valence-electron chi connectivity index (χ2n) is 5.03. The molecule has 1 aromatic heterocycles. The summed E-state index contributed by atoms with van der Waals surface area (Å²) in [6.45, 7) is 4.08. The summed E-state index contributed by atoms with van der Waals surface area (Å²) in [6, 6.07) is 7.51. The molecule has 122 valence electrons. The second kappa shape index (κ2) is 7.82. The highest BCUT2D eigenvalue weighted by molar-refractivity contribution is 8.00. The van der Waals surface area contributed by atoms with Gasteiger partial charge in [-0.25, -0.2) is 9.78 Å². The number of benzene rings is 1. The number of hydrogen-bond donors (Lipinski definition) is 2. The van der Waals surface area contributed by atoms with Crippen molar-refractivity contribution in [3.8, 4) is 5.75 Å². The molecular weight excluding hydrogens is 314 g/mol. The van der Waals surface area contributed by atoms with E-state index < -0.39 is 5.69 Å². The number of H-pyrrole nitrogens is 1. The van der Waals surface area contributed by atoms with Crippen LogP contribution in [0.1, 0.15) is 18.1 Å². The minimum atomic E-state index is -0.413. The smallest absolute Gasteiger partial charge is 0.345 e. The van der Waals surface area contributed by atoms with E-state index in [1.165, 1.54) is 18.0 Å². The fraction of sp³-hybridized carbons (Fsp3) is 0.312. The normalized spacial score (nSPS) is 11.8. The van der Waals surface area contributed by atoms with E-state index in [-0.39, 0.29) is 11.2 Å². The van der Waals surface area contributed by atoms with Crippen LogP contribution in [0.4, 0.5) is 0 Å². The number of thioether (sulfide) groups is 1. The molecular formula is C16H19N3O3S. The van der Waals surface area contributed by atoms with Crippen LogP contribution in [-0.2, 0) is 11.3 Å². The lowest BCUT2D eigenvalue weighted by molar-refractivity contribution is -0.120. The molecule has 0 saturated heterocycles. The monoisotopic (exact) mass is 333 g/mol. The molecule has 0 spiro atoms. The molecule has 0 aliphatic rings. The Labute approximate surface area is 138 Å². The van der Waals surface area contributed by atoms with Crippen molar-refractivity contribution in [2.75, 3.05) is 7.11 Å². The molecule has 1 amide bonds. The number of carbonyl (C=O) groups excluding carboxylic acids is 1. The van der Waals surface area contributed by atoms with E-state index in [9.17, 15) is 9.59 Å².